The van der Waals surface area contributed by atoms with Crippen LogP contribution in [-0.2, 0) is 14.8 Å². The van der Waals surface area contributed by atoms with Gasteiger partial charge in [-0.15, -0.1) is 11.6 Å². The summed E-state index contributed by atoms with van der Waals surface area (Å²) in [7, 11) is -3.43. The molecule has 1 atom stereocenters. The normalized spacial score (nSPS) is 18.8. The fourth-order valence-electron chi connectivity index (χ4n) is 1.69. The Hall–Kier alpha value is -0.330. The van der Waals surface area contributed by atoms with E-state index in [-0.39, 0.29) is 17.5 Å². The second kappa shape index (κ2) is 5.84. The van der Waals surface area contributed by atoms with Crippen LogP contribution in [0.15, 0.2) is 0 Å². The highest BCUT2D eigenvalue weighted by atomic mass is 35.5. The SMILES string of the molecule is CC(NS(=O)(=O)CCCl)C(=O)N1CCCC1. The minimum absolute atomic E-state index is 0.0277. The molecule has 1 aliphatic rings. The van der Waals surface area contributed by atoms with Crippen molar-refractivity contribution in [2.75, 3.05) is 24.7 Å². The zero-order valence-electron chi connectivity index (χ0n) is 9.28. The number of rotatable bonds is 5. The van der Waals surface area contributed by atoms with Gasteiger partial charge < -0.3 is 4.90 Å². The average molecular weight is 269 g/mol. The Balaban J connectivity index is 2.51. The molecule has 1 unspecified atom stereocenters. The molecule has 1 aliphatic heterocycles. The van der Waals surface area contributed by atoms with Crippen molar-refractivity contribution in [3.8, 4) is 0 Å². The molecule has 1 amide bonds. The van der Waals surface area contributed by atoms with Crippen LogP contribution in [0.25, 0.3) is 0 Å². The van der Waals surface area contributed by atoms with Crippen molar-refractivity contribution in [2.45, 2.75) is 25.8 Å². The van der Waals surface area contributed by atoms with E-state index in [4.69, 9.17) is 11.6 Å². The summed E-state index contributed by atoms with van der Waals surface area (Å²) in [5.41, 5.74) is 0. The summed E-state index contributed by atoms with van der Waals surface area (Å²) in [4.78, 5) is 13.5. The van der Waals surface area contributed by atoms with E-state index in [1.54, 1.807) is 11.8 Å². The Morgan fingerprint density at radius 2 is 2.00 bits per heavy atom. The molecule has 7 heteroatoms. The third kappa shape index (κ3) is 3.92. The molecule has 16 heavy (non-hydrogen) atoms. The van der Waals surface area contributed by atoms with Crippen LogP contribution in [0.1, 0.15) is 19.8 Å². The van der Waals surface area contributed by atoms with Gasteiger partial charge in [0, 0.05) is 19.0 Å². The number of alkyl halides is 1. The zero-order chi connectivity index (χ0) is 12.2. The van der Waals surface area contributed by atoms with Crippen molar-refractivity contribution in [1.82, 2.24) is 9.62 Å². The number of carbonyl (C=O) groups is 1. The molecule has 1 N–H and O–H groups in total. The molecule has 1 saturated heterocycles. The van der Waals surface area contributed by atoms with E-state index in [9.17, 15) is 13.2 Å². The van der Waals surface area contributed by atoms with E-state index in [1.165, 1.54) is 0 Å². The Morgan fingerprint density at radius 1 is 1.44 bits per heavy atom. The zero-order valence-corrected chi connectivity index (χ0v) is 10.9. The van der Waals surface area contributed by atoms with Crippen LogP contribution in [-0.4, -0.2) is 50.0 Å². The van der Waals surface area contributed by atoms with E-state index in [2.05, 4.69) is 4.72 Å². The average Bonchev–Trinajstić information content (AvgIpc) is 2.68. The van der Waals surface area contributed by atoms with Crippen LogP contribution >= 0.6 is 11.6 Å². The highest BCUT2D eigenvalue weighted by molar-refractivity contribution is 7.89. The quantitative estimate of drug-likeness (QED) is 0.722. The largest absolute Gasteiger partial charge is 0.341 e. The molecule has 0 aliphatic carbocycles. The number of sulfonamides is 1. The van der Waals surface area contributed by atoms with E-state index >= 15 is 0 Å². The van der Waals surface area contributed by atoms with Gasteiger partial charge >= 0.3 is 0 Å². The van der Waals surface area contributed by atoms with Gasteiger partial charge in [-0.25, -0.2) is 13.1 Å². The Labute approximate surface area is 101 Å². The predicted molar refractivity (Wildman–Crippen MR) is 62.9 cm³/mol. The number of hydrogen-bond donors (Lipinski definition) is 1. The van der Waals surface area contributed by atoms with E-state index < -0.39 is 16.1 Å². The summed E-state index contributed by atoms with van der Waals surface area (Å²) in [6, 6.07) is -0.702. The molecular formula is C9H17ClN2O3S. The third-order valence-corrected chi connectivity index (χ3v) is 4.36. The van der Waals surface area contributed by atoms with E-state index in [0.717, 1.165) is 25.9 Å². The highest BCUT2D eigenvalue weighted by Gasteiger charge is 2.26. The number of carbonyl (C=O) groups excluding carboxylic acids is 1. The first-order chi connectivity index (χ1) is 7.46. The van der Waals surface area contributed by atoms with Gasteiger partial charge in [0.15, 0.2) is 0 Å². The standard InChI is InChI=1S/C9H17ClN2O3S/c1-8(11-16(14,15)7-4-10)9(13)12-5-2-3-6-12/h8,11H,2-7H2,1H3. The number of nitrogens with zero attached hydrogens (tertiary/aromatic N) is 1. The van der Waals surface area contributed by atoms with Crippen molar-refractivity contribution in [3.05, 3.63) is 0 Å². The van der Waals surface area contributed by atoms with Crippen LogP contribution in [0.3, 0.4) is 0 Å². The van der Waals surface area contributed by atoms with Gasteiger partial charge in [0.05, 0.1) is 11.8 Å². The lowest BCUT2D eigenvalue weighted by molar-refractivity contribution is -0.131. The van der Waals surface area contributed by atoms with Crippen LogP contribution < -0.4 is 4.72 Å². The number of hydrogen-bond acceptors (Lipinski definition) is 3. The fraction of sp³-hybridized carbons (Fsp3) is 0.889. The summed E-state index contributed by atoms with van der Waals surface area (Å²) in [5, 5.41) is 0. The van der Waals surface area contributed by atoms with Crippen molar-refractivity contribution in [2.24, 2.45) is 0 Å². The van der Waals surface area contributed by atoms with Crippen molar-refractivity contribution in [1.29, 1.82) is 0 Å². The Bertz CT molecular complexity index is 339. The molecule has 5 nitrogen and oxygen atoms in total. The summed E-state index contributed by atoms with van der Waals surface area (Å²) in [5.74, 6) is -0.290. The fourth-order valence-corrected chi connectivity index (χ4v) is 3.26. The van der Waals surface area contributed by atoms with Gasteiger partial charge in [-0.3, -0.25) is 4.79 Å². The molecule has 0 aromatic carbocycles. The molecule has 1 heterocycles. The van der Waals surface area contributed by atoms with Crippen LogP contribution in [0.5, 0.6) is 0 Å². The first kappa shape index (κ1) is 13.7. The summed E-state index contributed by atoms with van der Waals surface area (Å²) < 4.78 is 25.1. The van der Waals surface area contributed by atoms with Gasteiger partial charge in [-0.1, -0.05) is 0 Å². The maximum Gasteiger partial charge on any atom is 0.240 e. The second-order valence-corrected chi connectivity index (χ2v) is 6.13. The number of amides is 1. The molecule has 0 bridgehead atoms. The molecule has 0 radical (unpaired) electrons. The smallest absolute Gasteiger partial charge is 0.240 e. The van der Waals surface area contributed by atoms with Gasteiger partial charge in [0.25, 0.3) is 0 Å². The number of nitrogens with one attached hydrogen (secondary N) is 1. The maximum atomic E-state index is 11.8. The maximum absolute atomic E-state index is 11.8. The summed E-state index contributed by atoms with van der Waals surface area (Å²) >= 11 is 5.36. The van der Waals surface area contributed by atoms with E-state index in [1.807, 2.05) is 0 Å². The van der Waals surface area contributed by atoms with Gasteiger partial charge in [-0.2, -0.15) is 0 Å². The van der Waals surface area contributed by atoms with Crippen molar-refractivity contribution in [3.63, 3.8) is 0 Å². The summed E-state index contributed by atoms with van der Waals surface area (Å²) in [6.07, 6.45) is 1.99. The Kier molecular flexibility index (Phi) is 5.01. The molecule has 0 aromatic rings. The first-order valence-electron chi connectivity index (χ1n) is 5.31. The minimum atomic E-state index is -3.43. The first-order valence-corrected chi connectivity index (χ1v) is 7.50. The lowest BCUT2D eigenvalue weighted by Gasteiger charge is -2.20. The molecule has 0 saturated carbocycles. The monoisotopic (exact) mass is 268 g/mol. The lowest BCUT2D eigenvalue weighted by atomic mass is 10.3. The third-order valence-electron chi connectivity index (χ3n) is 2.49. The molecule has 0 spiro atoms. The molecule has 1 fully saturated rings. The molecule has 0 aromatic heterocycles. The van der Waals surface area contributed by atoms with Gasteiger partial charge in [0.1, 0.15) is 0 Å². The highest BCUT2D eigenvalue weighted by Crippen LogP contribution is 2.09. The molecule has 94 valence electrons. The van der Waals surface area contributed by atoms with Gasteiger partial charge in [-0.05, 0) is 19.8 Å². The van der Waals surface area contributed by atoms with Gasteiger partial charge in [0.2, 0.25) is 15.9 Å². The second-order valence-electron chi connectivity index (χ2n) is 3.88. The van der Waals surface area contributed by atoms with Crippen LogP contribution in [0, 0.1) is 0 Å². The summed E-state index contributed by atoms with van der Waals surface area (Å²) in [6.45, 7) is 3.01. The predicted octanol–water partition coefficient (Wildman–Crippen LogP) is 0.155. The number of halogens is 1. The van der Waals surface area contributed by atoms with E-state index in [0.29, 0.717) is 0 Å². The molecule has 1 rings (SSSR count). The molecular weight excluding hydrogens is 252 g/mol. The van der Waals surface area contributed by atoms with Crippen molar-refractivity contribution < 1.29 is 13.2 Å². The number of likely N-dealkylation sites (tertiary alicyclic amines) is 1. The topological polar surface area (TPSA) is 66.5 Å². The lowest BCUT2D eigenvalue weighted by Crippen LogP contribution is -2.46. The Morgan fingerprint density at radius 3 is 2.50 bits per heavy atom. The van der Waals surface area contributed by atoms with Crippen molar-refractivity contribution >= 4 is 27.5 Å². The van der Waals surface area contributed by atoms with Crippen LogP contribution in [0.4, 0.5) is 0 Å². The van der Waals surface area contributed by atoms with Crippen LogP contribution in [0.2, 0.25) is 0 Å². The minimum Gasteiger partial charge on any atom is -0.341 e.